The molecule has 1 saturated carbocycles. The van der Waals surface area contributed by atoms with Crippen molar-refractivity contribution in [2.75, 3.05) is 6.61 Å². The number of aryl methyl sites for hydroxylation is 2. The summed E-state index contributed by atoms with van der Waals surface area (Å²) in [5.74, 6) is 0.934. The molecule has 35 heavy (non-hydrogen) atoms. The van der Waals surface area contributed by atoms with Crippen molar-refractivity contribution in [2.45, 2.75) is 103 Å². The second-order valence-corrected chi connectivity index (χ2v) is 10.3. The molecule has 1 aliphatic carbocycles. The van der Waals surface area contributed by atoms with Crippen molar-refractivity contribution in [2.24, 2.45) is 0 Å². The van der Waals surface area contributed by atoms with E-state index in [4.69, 9.17) is 10.00 Å². The Morgan fingerprint density at radius 3 is 2.23 bits per heavy atom. The molecule has 188 valence electrons. The summed E-state index contributed by atoms with van der Waals surface area (Å²) < 4.78 is 6.01. The summed E-state index contributed by atoms with van der Waals surface area (Å²) in [5, 5.41) is 19.6. The van der Waals surface area contributed by atoms with Crippen LogP contribution in [0.25, 0.3) is 6.08 Å². The van der Waals surface area contributed by atoms with Gasteiger partial charge in [0.1, 0.15) is 5.75 Å². The van der Waals surface area contributed by atoms with Crippen LogP contribution in [0, 0.1) is 25.2 Å². The molecular weight excluding hydrogens is 430 g/mol. The minimum absolute atomic E-state index is 0.0509. The number of ether oxygens (including phenoxy) is 1. The van der Waals surface area contributed by atoms with Crippen LogP contribution < -0.4 is 4.74 Å². The monoisotopic (exact) mass is 473 g/mol. The van der Waals surface area contributed by atoms with E-state index in [-0.39, 0.29) is 5.41 Å². The summed E-state index contributed by atoms with van der Waals surface area (Å²) >= 11 is 0. The predicted molar refractivity (Wildman–Crippen MR) is 146 cm³/mol. The molecule has 0 amide bonds. The van der Waals surface area contributed by atoms with Crippen LogP contribution in [0.1, 0.15) is 106 Å². The van der Waals surface area contributed by atoms with Gasteiger partial charge in [0.2, 0.25) is 0 Å². The van der Waals surface area contributed by atoms with Gasteiger partial charge in [-0.1, -0.05) is 75.6 Å². The molecule has 3 rings (SSSR count). The van der Waals surface area contributed by atoms with Crippen LogP contribution in [0.4, 0.5) is 0 Å². The summed E-state index contributed by atoms with van der Waals surface area (Å²) in [5.41, 5.74) is 5.57. The number of hydrogen-bond acceptors (Lipinski definition) is 3. The number of rotatable bonds is 11. The third-order valence-corrected chi connectivity index (χ3v) is 7.99. The van der Waals surface area contributed by atoms with E-state index in [2.05, 4.69) is 76.2 Å². The molecule has 3 nitrogen and oxygen atoms in total. The molecule has 0 aliphatic heterocycles. The summed E-state index contributed by atoms with van der Waals surface area (Å²) in [6.45, 7) is 9.51. The second kappa shape index (κ2) is 12.4. The van der Waals surface area contributed by atoms with Gasteiger partial charge < -0.3 is 9.84 Å². The lowest BCUT2D eigenvalue weighted by Crippen LogP contribution is -2.28. The Hall–Kier alpha value is -2.57. The van der Waals surface area contributed by atoms with Crippen LogP contribution in [-0.2, 0) is 5.41 Å². The minimum Gasteiger partial charge on any atom is -0.493 e. The standard InChI is InChI=1S/C32H43NO2/c1-5-32(6-2,29-15-16-30(26(4)24-29)35-22-12-8-11-21-33)28-14-13-27(25(3)23-28)17-20-31(34)18-9-7-10-19-31/h13-17,20,23-24,34H,5-12,18-19,22H2,1-4H3. The van der Waals surface area contributed by atoms with Gasteiger partial charge >= 0.3 is 0 Å². The van der Waals surface area contributed by atoms with E-state index in [1.165, 1.54) is 28.7 Å². The third kappa shape index (κ3) is 6.56. The quantitative estimate of drug-likeness (QED) is 0.335. The van der Waals surface area contributed by atoms with Crippen molar-refractivity contribution >= 4 is 6.08 Å². The molecule has 1 fully saturated rings. The number of unbranched alkanes of at least 4 members (excludes halogenated alkanes) is 2. The van der Waals surface area contributed by atoms with Crippen molar-refractivity contribution in [1.82, 2.24) is 0 Å². The van der Waals surface area contributed by atoms with Gasteiger partial charge in [0.25, 0.3) is 0 Å². The molecule has 0 saturated heterocycles. The molecular formula is C32H43NO2. The molecule has 0 spiro atoms. The van der Waals surface area contributed by atoms with Crippen molar-refractivity contribution in [3.8, 4) is 11.8 Å². The lowest BCUT2D eigenvalue weighted by Gasteiger charge is -2.34. The maximum Gasteiger partial charge on any atom is 0.122 e. The van der Waals surface area contributed by atoms with Crippen LogP contribution in [0.2, 0.25) is 0 Å². The lowest BCUT2D eigenvalue weighted by molar-refractivity contribution is 0.0521. The van der Waals surface area contributed by atoms with Crippen molar-refractivity contribution in [3.05, 3.63) is 70.3 Å². The van der Waals surface area contributed by atoms with E-state index in [0.29, 0.717) is 13.0 Å². The topological polar surface area (TPSA) is 53.2 Å². The summed E-state index contributed by atoms with van der Waals surface area (Å²) in [4.78, 5) is 0. The van der Waals surface area contributed by atoms with Gasteiger partial charge in [0, 0.05) is 11.8 Å². The van der Waals surface area contributed by atoms with Crippen molar-refractivity contribution in [1.29, 1.82) is 5.26 Å². The van der Waals surface area contributed by atoms with E-state index in [1.54, 1.807) is 0 Å². The fraction of sp³-hybridized carbons (Fsp3) is 0.531. The van der Waals surface area contributed by atoms with Gasteiger partial charge in [-0.2, -0.15) is 5.26 Å². The zero-order valence-electron chi connectivity index (χ0n) is 22.2. The van der Waals surface area contributed by atoms with Crippen LogP contribution >= 0.6 is 0 Å². The maximum atomic E-state index is 10.9. The average Bonchev–Trinajstić information content (AvgIpc) is 2.86. The maximum absolute atomic E-state index is 10.9. The zero-order chi connectivity index (χ0) is 25.3. The number of nitriles is 1. The smallest absolute Gasteiger partial charge is 0.122 e. The average molecular weight is 474 g/mol. The Kier molecular flexibility index (Phi) is 9.58. The largest absolute Gasteiger partial charge is 0.493 e. The molecule has 0 radical (unpaired) electrons. The molecule has 3 heteroatoms. The first kappa shape index (κ1) is 27.0. The molecule has 0 aromatic heterocycles. The number of hydrogen-bond donors (Lipinski definition) is 1. The zero-order valence-corrected chi connectivity index (χ0v) is 22.2. The van der Waals surface area contributed by atoms with Gasteiger partial charge in [0.05, 0.1) is 18.3 Å². The molecule has 0 bridgehead atoms. The lowest BCUT2D eigenvalue weighted by atomic mass is 9.70. The van der Waals surface area contributed by atoms with Crippen molar-refractivity contribution < 1.29 is 9.84 Å². The number of nitrogens with zero attached hydrogens (tertiary/aromatic N) is 1. The molecule has 0 heterocycles. The fourth-order valence-electron chi connectivity index (χ4n) is 5.57. The van der Waals surface area contributed by atoms with Crippen LogP contribution in [0.3, 0.4) is 0 Å². The van der Waals surface area contributed by atoms with E-state index in [9.17, 15) is 5.11 Å². The Morgan fingerprint density at radius 2 is 1.63 bits per heavy atom. The molecule has 2 aromatic rings. The van der Waals surface area contributed by atoms with Gasteiger partial charge in [-0.25, -0.2) is 0 Å². The van der Waals surface area contributed by atoms with Crippen LogP contribution in [-0.4, -0.2) is 17.3 Å². The third-order valence-electron chi connectivity index (χ3n) is 7.99. The minimum atomic E-state index is -0.642. The Balaban J connectivity index is 1.82. The SMILES string of the molecule is CCC(CC)(c1ccc(C=CC2(O)CCCCC2)c(C)c1)c1ccc(OCCCCC#N)c(C)c1. The highest BCUT2D eigenvalue weighted by Gasteiger charge is 2.31. The highest BCUT2D eigenvalue weighted by atomic mass is 16.5. The van der Waals surface area contributed by atoms with Gasteiger partial charge in [-0.05, 0) is 86.3 Å². The Morgan fingerprint density at radius 1 is 0.971 bits per heavy atom. The van der Waals surface area contributed by atoms with E-state index >= 15 is 0 Å². The fourth-order valence-corrected chi connectivity index (χ4v) is 5.57. The van der Waals surface area contributed by atoms with Gasteiger partial charge in [0.15, 0.2) is 0 Å². The van der Waals surface area contributed by atoms with E-state index in [1.807, 2.05) is 6.08 Å². The van der Waals surface area contributed by atoms with E-state index < -0.39 is 5.60 Å². The Labute approximate surface area is 212 Å². The molecule has 2 aromatic carbocycles. The Bertz CT molecular complexity index is 1040. The first-order chi connectivity index (χ1) is 16.9. The van der Waals surface area contributed by atoms with E-state index in [0.717, 1.165) is 62.7 Å². The first-order valence-electron chi connectivity index (χ1n) is 13.5. The van der Waals surface area contributed by atoms with Crippen LogP contribution in [0.15, 0.2) is 42.5 Å². The first-order valence-corrected chi connectivity index (χ1v) is 13.5. The normalized spacial score (nSPS) is 15.8. The highest BCUT2D eigenvalue weighted by molar-refractivity contribution is 5.57. The molecule has 0 atom stereocenters. The summed E-state index contributed by atoms with van der Waals surface area (Å²) in [7, 11) is 0. The van der Waals surface area contributed by atoms with Gasteiger partial charge in [-0.15, -0.1) is 0 Å². The highest BCUT2D eigenvalue weighted by Crippen LogP contribution is 2.41. The van der Waals surface area contributed by atoms with Crippen LogP contribution in [0.5, 0.6) is 5.75 Å². The molecule has 1 N–H and O–H groups in total. The summed E-state index contributed by atoms with van der Waals surface area (Å²) in [6, 6.07) is 15.7. The number of benzene rings is 2. The van der Waals surface area contributed by atoms with Gasteiger partial charge in [-0.3, -0.25) is 0 Å². The predicted octanol–water partition coefficient (Wildman–Crippen LogP) is 8.19. The molecule has 0 unspecified atom stereocenters. The second-order valence-electron chi connectivity index (χ2n) is 10.3. The summed E-state index contributed by atoms with van der Waals surface area (Å²) in [6.07, 6.45) is 13.8. The number of aliphatic hydroxyl groups is 1. The molecule has 1 aliphatic rings. The van der Waals surface area contributed by atoms with Crippen molar-refractivity contribution in [3.63, 3.8) is 0 Å².